The zero-order valence-electron chi connectivity index (χ0n) is 8.79. The summed E-state index contributed by atoms with van der Waals surface area (Å²) in [4.78, 5) is 0. The van der Waals surface area contributed by atoms with Crippen molar-refractivity contribution in [2.24, 2.45) is 5.92 Å². The van der Waals surface area contributed by atoms with Gasteiger partial charge in [-0.2, -0.15) is 0 Å². The molecule has 0 heterocycles. The first-order chi connectivity index (χ1) is 6.22. The van der Waals surface area contributed by atoms with Crippen molar-refractivity contribution in [3.05, 3.63) is 0 Å². The molecule has 3 heteroatoms. The third-order valence-corrected chi connectivity index (χ3v) is 2.44. The lowest BCUT2D eigenvalue weighted by Gasteiger charge is -2.18. The number of unbranched alkanes of at least 4 members (excludes halogenated alkanes) is 2. The summed E-state index contributed by atoms with van der Waals surface area (Å²) >= 11 is 0. The van der Waals surface area contributed by atoms with E-state index in [2.05, 4.69) is 12.2 Å². The molecule has 0 aromatic heterocycles. The van der Waals surface area contributed by atoms with Gasteiger partial charge >= 0.3 is 0 Å². The summed E-state index contributed by atoms with van der Waals surface area (Å²) in [6.45, 7) is 5.64. The molecule has 0 fully saturated rings. The van der Waals surface area contributed by atoms with E-state index in [9.17, 15) is 0 Å². The van der Waals surface area contributed by atoms with Gasteiger partial charge in [-0.05, 0) is 38.6 Å². The number of hydrogen-bond donors (Lipinski definition) is 3. The molecule has 0 aromatic rings. The average molecular weight is 189 g/mol. The van der Waals surface area contributed by atoms with Crippen LogP contribution in [0.1, 0.15) is 33.1 Å². The van der Waals surface area contributed by atoms with Gasteiger partial charge in [0.15, 0.2) is 0 Å². The van der Waals surface area contributed by atoms with Crippen molar-refractivity contribution in [3.63, 3.8) is 0 Å². The molecule has 0 amide bonds. The minimum Gasteiger partial charge on any atom is -0.396 e. The molecule has 2 unspecified atom stereocenters. The fourth-order valence-corrected chi connectivity index (χ4v) is 1.10. The summed E-state index contributed by atoms with van der Waals surface area (Å²) in [6, 6.07) is 0.374. The van der Waals surface area contributed by atoms with Crippen LogP contribution in [0.25, 0.3) is 0 Å². The Morgan fingerprint density at radius 1 is 1.08 bits per heavy atom. The van der Waals surface area contributed by atoms with Crippen molar-refractivity contribution >= 4 is 0 Å². The molecule has 3 nitrogen and oxygen atoms in total. The summed E-state index contributed by atoms with van der Waals surface area (Å²) < 4.78 is 0. The highest BCUT2D eigenvalue weighted by Crippen LogP contribution is 2.01. The highest BCUT2D eigenvalue weighted by Gasteiger charge is 2.08. The molecule has 0 radical (unpaired) electrons. The highest BCUT2D eigenvalue weighted by atomic mass is 16.3. The Hall–Kier alpha value is -0.120. The van der Waals surface area contributed by atoms with E-state index >= 15 is 0 Å². The van der Waals surface area contributed by atoms with Gasteiger partial charge in [-0.25, -0.2) is 0 Å². The molecule has 0 aliphatic rings. The second-order valence-electron chi connectivity index (χ2n) is 3.69. The zero-order valence-corrected chi connectivity index (χ0v) is 8.79. The third kappa shape index (κ3) is 6.99. The standard InChI is InChI=1S/C10H23NO2/c1-9(8-13)10(2)11-6-4-3-5-7-12/h9-13H,3-8H2,1-2H3. The second kappa shape index (κ2) is 8.48. The predicted molar refractivity (Wildman–Crippen MR) is 54.7 cm³/mol. The summed E-state index contributed by atoms with van der Waals surface area (Å²) in [5.41, 5.74) is 0. The van der Waals surface area contributed by atoms with Crippen molar-refractivity contribution in [2.75, 3.05) is 19.8 Å². The fraction of sp³-hybridized carbons (Fsp3) is 1.00. The van der Waals surface area contributed by atoms with Crippen LogP contribution in [0.3, 0.4) is 0 Å². The Morgan fingerprint density at radius 2 is 1.77 bits per heavy atom. The van der Waals surface area contributed by atoms with Gasteiger partial charge in [-0.1, -0.05) is 6.92 Å². The average Bonchev–Trinajstić information content (AvgIpc) is 2.16. The van der Waals surface area contributed by atoms with E-state index in [-0.39, 0.29) is 6.61 Å². The topological polar surface area (TPSA) is 52.5 Å². The van der Waals surface area contributed by atoms with Gasteiger partial charge in [-0.3, -0.25) is 0 Å². The van der Waals surface area contributed by atoms with Gasteiger partial charge in [0.25, 0.3) is 0 Å². The molecule has 0 saturated carbocycles. The van der Waals surface area contributed by atoms with E-state index in [1.165, 1.54) is 0 Å². The van der Waals surface area contributed by atoms with E-state index < -0.39 is 0 Å². The molecule has 2 atom stereocenters. The molecule has 0 aliphatic heterocycles. The first kappa shape index (κ1) is 12.9. The minimum atomic E-state index is 0.241. The monoisotopic (exact) mass is 189 g/mol. The van der Waals surface area contributed by atoms with Gasteiger partial charge in [0, 0.05) is 19.3 Å². The molecular weight excluding hydrogens is 166 g/mol. The lowest BCUT2D eigenvalue weighted by Crippen LogP contribution is -2.34. The van der Waals surface area contributed by atoms with Gasteiger partial charge in [0.2, 0.25) is 0 Å². The van der Waals surface area contributed by atoms with E-state index in [0.29, 0.717) is 18.6 Å². The first-order valence-electron chi connectivity index (χ1n) is 5.17. The number of nitrogens with one attached hydrogen (secondary N) is 1. The van der Waals surface area contributed by atoms with E-state index in [0.717, 1.165) is 25.8 Å². The van der Waals surface area contributed by atoms with E-state index in [4.69, 9.17) is 10.2 Å². The first-order valence-corrected chi connectivity index (χ1v) is 5.17. The van der Waals surface area contributed by atoms with Gasteiger partial charge in [0.1, 0.15) is 0 Å². The summed E-state index contributed by atoms with van der Waals surface area (Å²) in [5, 5.41) is 20.8. The quantitative estimate of drug-likeness (QED) is 0.494. The normalized spacial score (nSPS) is 15.7. The molecule has 13 heavy (non-hydrogen) atoms. The van der Waals surface area contributed by atoms with Crippen LogP contribution in [-0.4, -0.2) is 36.0 Å². The number of aliphatic hydroxyl groups is 2. The van der Waals surface area contributed by atoms with Crippen LogP contribution in [0.5, 0.6) is 0 Å². The van der Waals surface area contributed by atoms with Gasteiger partial charge in [-0.15, -0.1) is 0 Å². The van der Waals surface area contributed by atoms with Crippen LogP contribution in [0.2, 0.25) is 0 Å². The third-order valence-electron chi connectivity index (χ3n) is 2.44. The van der Waals surface area contributed by atoms with Crippen LogP contribution >= 0.6 is 0 Å². The number of rotatable bonds is 8. The second-order valence-corrected chi connectivity index (χ2v) is 3.69. The SMILES string of the molecule is CC(CO)C(C)NCCCCCO. The van der Waals surface area contributed by atoms with Crippen molar-refractivity contribution in [3.8, 4) is 0 Å². The van der Waals surface area contributed by atoms with Crippen LogP contribution in [0, 0.1) is 5.92 Å². The largest absolute Gasteiger partial charge is 0.396 e. The fourth-order valence-electron chi connectivity index (χ4n) is 1.10. The van der Waals surface area contributed by atoms with E-state index in [1.54, 1.807) is 0 Å². The maximum Gasteiger partial charge on any atom is 0.0471 e. The lowest BCUT2D eigenvalue weighted by molar-refractivity contribution is 0.207. The van der Waals surface area contributed by atoms with Crippen LogP contribution < -0.4 is 5.32 Å². The summed E-state index contributed by atoms with van der Waals surface area (Å²) in [6.07, 6.45) is 3.07. The Bertz CT molecular complexity index is 109. The Kier molecular flexibility index (Phi) is 8.40. The van der Waals surface area contributed by atoms with Crippen molar-refractivity contribution in [1.82, 2.24) is 5.32 Å². The smallest absolute Gasteiger partial charge is 0.0471 e. The predicted octanol–water partition coefficient (Wildman–Crippen LogP) is 0.755. The maximum atomic E-state index is 8.87. The van der Waals surface area contributed by atoms with Crippen molar-refractivity contribution in [1.29, 1.82) is 0 Å². The van der Waals surface area contributed by atoms with Gasteiger partial charge < -0.3 is 15.5 Å². The number of aliphatic hydroxyl groups excluding tert-OH is 2. The Balaban J connectivity index is 3.21. The molecular formula is C10H23NO2. The molecule has 0 aromatic carbocycles. The van der Waals surface area contributed by atoms with Gasteiger partial charge in [0.05, 0.1) is 0 Å². The maximum absolute atomic E-state index is 8.87. The molecule has 0 aliphatic carbocycles. The van der Waals surface area contributed by atoms with E-state index in [1.807, 2.05) is 6.92 Å². The Morgan fingerprint density at radius 3 is 2.31 bits per heavy atom. The molecule has 0 bridgehead atoms. The summed E-state index contributed by atoms with van der Waals surface area (Å²) in [5.74, 6) is 0.317. The van der Waals surface area contributed by atoms with Crippen molar-refractivity contribution < 1.29 is 10.2 Å². The molecule has 0 saturated heterocycles. The molecule has 0 spiro atoms. The highest BCUT2D eigenvalue weighted by molar-refractivity contribution is 4.66. The Labute approximate surface area is 81.2 Å². The zero-order chi connectivity index (χ0) is 10.1. The van der Waals surface area contributed by atoms with Crippen LogP contribution in [-0.2, 0) is 0 Å². The molecule has 80 valence electrons. The van der Waals surface area contributed by atoms with Crippen LogP contribution in [0.15, 0.2) is 0 Å². The number of hydrogen-bond acceptors (Lipinski definition) is 3. The minimum absolute atomic E-state index is 0.241. The van der Waals surface area contributed by atoms with Crippen LogP contribution in [0.4, 0.5) is 0 Å². The molecule has 0 rings (SSSR count). The van der Waals surface area contributed by atoms with Crippen molar-refractivity contribution in [2.45, 2.75) is 39.2 Å². The molecule has 3 N–H and O–H groups in total. The lowest BCUT2D eigenvalue weighted by atomic mass is 10.1. The summed E-state index contributed by atoms with van der Waals surface area (Å²) in [7, 11) is 0.